The molecule has 0 saturated carbocycles. The highest BCUT2D eigenvalue weighted by molar-refractivity contribution is 8.17. The average molecular weight is 432 g/mol. The van der Waals surface area contributed by atoms with Gasteiger partial charge in [-0.15, -0.1) is 11.8 Å². The maximum atomic E-state index is 12.2. The van der Waals surface area contributed by atoms with Crippen molar-refractivity contribution in [3.05, 3.63) is 40.8 Å². The molecule has 0 saturated heterocycles. The van der Waals surface area contributed by atoms with Crippen LogP contribution in [0, 0.1) is 11.8 Å². The predicted molar refractivity (Wildman–Crippen MR) is 118 cm³/mol. The van der Waals surface area contributed by atoms with Crippen molar-refractivity contribution in [3.63, 3.8) is 0 Å². The Morgan fingerprint density at radius 1 is 1.24 bits per heavy atom. The molecule has 2 aliphatic rings. The van der Waals surface area contributed by atoms with Crippen molar-refractivity contribution in [3.8, 4) is 0 Å². The minimum atomic E-state index is -0.429. The van der Waals surface area contributed by atoms with Gasteiger partial charge in [0.25, 0.3) is 5.91 Å². The Kier molecular flexibility index (Phi) is 6.92. The van der Waals surface area contributed by atoms with Gasteiger partial charge in [0, 0.05) is 5.69 Å². The van der Waals surface area contributed by atoms with E-state index in [0.29, 0.717) is 28.8 Å². The molecule has 0 radical (unpaired) electrons. The number of esters is 1. The Morgan fingerprint density at radius 2 is 1.97 bits per heavy atom. The second-order valence-corrected chi connectivity index (χ2v) is 8.81. The van der Waals surface area contributed by atoms with Crippen molar-refractivity contribution >= 4 is 57.9 Å². The second kappa shape index (κ2) is 9.41. The van der Waals surface area contributed by atoms with Crippen molar-refractivity contribution in [2.24, 2.45) is 21.8 Å². The van der Waals surface area contributed by atoms with Crippen molar-refractivity contribution < 1.29 is 19.1 Å². The predicted octanol–water partition coefficient (Wildman–Crippen LogP) is 3.39. The zero-order valence-electron chi connectivity index (χ0n) is 16.3. The minimum Gasteiger partial charge on any atom is -0.465 e. The number of hydrogen-bond acceptors (Lipinski definition) is 7. The largest absolute Gasteiger partial charge is 0.465 e. The Morgan fingerprint density at radius 3 is 2.62 bits per heavy atom. The zero-order valence-corrected chi connectivity index (χ0v) is 17.9. The first-order chi connectivity index (χ1) is 13.9. The molecule has 9 heteroatoms. The fourth-order valence-electron chi connectivity index (χ4n) is 2.69. The molecule has 7 nitrogen and oxygen atoms in total. The van der Waals surface area contributed by atoms with Gasteiger partial charge in [-0.2, -0.15) is 4.99 Å². The lowest BCUT2D eigenvalue weighted by Gasteiger charge is -2.12. The molecule has 0 spiro atoms. The Bertz CT molecular complexity index is 920. The van der Waals surface area contributed by atoms with Crippen molar-refractivity contribution in [1.29, 1.82) is 0 Å². The lowest BCUT2D eigenvalue weighted by molar-refractivity contribution is -0.118. The summed E-state index contributed by atoms with van der Waals surface area (Å²) in [4.78, 5) is 45.5. The van der Waals surface area contributed by atoms with Crippen LogP contribution in [0.1, 0.15) is 24.2 Å². The molecule has 2 heterocycles. The number of ether oxygens (including phenoxy) is 1. The molecule has 2 amide bonds. The van der Waals surface area contributed by atoms with E-state index in [1.54, 1.807) is 36.0 Å². The first kappa shape index (κ1) is 21.3. The van der Waals surface area contributed by atoms with Crippen LogP contribution in [0.15, 0.2) is 45.2 Å². The number of aliphatic imine (C=N–C) groups is 2. The number of anilines is 1. The van der Waals surface area contributed by atoms with E-state index < -0.39 is 5.97 Å². The number of carbonyl (C=O) groups is 3. The van der Waals surface area contributed by atoms with Crippen molar-refractivity contribution in [2.45, 2.75) is 13.8 Å². The summed E-state index contributed by atoms with van der Waals surface area (Å²) in [5.41, 5.74) is 1.00. The molecular formula is C20H21N3O4S2. The zero-order chi connectivity index (χ0) is 21.0. The molecule has 29 heavy (non-hydrogen) atoms. The molecule has 1 unspecified atom stereocenters. The third kappa shape index (κ3) is 5.36. The fraction of sp³-hybridized carbons (Fsp3) is 0.350. The number of fused-ring (bicyclic) bond motifs is 1. The summed E-state index contributed by atoms with van der Waals surface area (Å²) < 4.78 is 4.64. The number of carbonyl (C=O) groups excluding carboxylic acids is 3. The van der Waals surface area contributed by atoms with Gasteiger partial charge in [-0.05, 0) is 35.1 Å². The van der Waals surface area contributed by atoms with Gasteiger partial charge in [-0.1, -0.05) is 31.7 Å². The van der Waals surface area contributed by atoms with E-state index in [-0.39, 0.29) is 23.5 Å². The maximum absolute atomic E-state index is 12.2. The van der Waals surface area contributed by atoms with Crippen LogP contribution in [0.2, 0.25) is 0 Å². The second-order valence-electron chi connectivity index (χ2n) is 6.73. The van der Waals surface area contributed by atoms with Crippen LogP contribution in [0.5, 0.6) is 0 Å². The Hall–Kier alpha value is -2.39. The summed E-state index contributed by atoms with van der Waals surface area (Å²) in [5.74, 6) is 0.231. The third-order valence-corrected chi connectivity index (χ3v) is 6.51. The summed E-state index contributed by atoms with van der Waals surface area (Å²) >= 11 is 2.88. The summed E-state index contributed by atoms with van der Waals surface area (Å²) in [6, 6.07) is 6.45. The van der Waals surface area contributed by atoms with Gasteiger partial charge in [0.2, 0.25) is 5.91 Å². The normalized spacial score (nSPS) is 18.0. The molecule has 152 valence electrons. The smallest absolute Gasteiger partial charge is 0.337 e. The third-order valence-electron chi connectivity index (χ3n) is 4.19. The SMILES string of the molecule is COC(=O)c1ccc(NC(=O)CSCC2=NC(=O)C3C=C(C(C)C)SC3=N2)cc1. The van der Waals surface area contributed by atoms with Crippen LogP contribution in [0.3, 0.4) is 0 Å². The quantitative estimate of drug-likeness (QED) is 0.665. The highest BCUT2D eigenvalue weighted by Gasteiger charge is 2.34. The highest BCUT2D eigenvalue weighted by Crippen LogP contribution is 2.38. The van der Waals surface area contributed by atoms with E-state index in [1.165, 1.54) is 18.9 Å². The Balaban J connectivity index is 1.48. The number of nitrogens with one attached hydrogen (secondary N) is 1. The molecule has 1 atom stereocenters. The van der Waals surface area contributed by atoms with Gasteiger partial charge >= 0.3 is 5.97 Å². The number of thioether (sulfide) groups is 2. The number of benzene rings is 1. The molecule has 3 rings (SSSR count). The summed E-state index contributed by atoms with van der Waals surface area (Å²) in [6.07, 6.45) is 1.95. The van der Waals surface area contributed by atoms with E-state index >= 15 is 0 Å². The number of hydrogen-bond donors (Lipinski definition) is 1. The van der Waals surface area contributed by atoms with Crippen LogP contribution in [0.25, 0.3) is 0 Å². The number of nitrogens with zero attached hydrogens (tertiary/aromatic N) is 2. The number of rotatable bonds is 7. The fourth-order valence-corrected chi connectivity index (χ4v) is 4.49. The average Bonchev–Trinajstić information content (AvgIpc) is 3.13. The first-order valence-electron chi connectivity index (χ1n) is 9.03. The van der Waals surface area contributed by atoms with Crippen LogP contribution in [0.4, 0.5) is 5.69 Å². The molecule has 1 aromatic rings. The Labute approximate surface area is 177 Å². The van der Waals surface area contributed by atoms with Gasteiger partial charge in [-0.25, -0.2) is 9.79 Å². The summed E-state index contributed by atoms with van der Waals surface area (Å²) in [6.45, 7) is 4.17. The van der Waals surface area contributed by atoms with Gasteiger partial charge in [0.15, 0.2) is 0 Å². The van der Waals surface area contributed by atoms with E-state index in [2.05, 4.69) is 33.9 Å². The highest BCUT2D eigenvalue weighted by atomic mass is 32.2. The molecule has 2 aliphatic heterocycles. The van der Waals surface area contributed by atoms with Gasteiger partial charge in [-0.3, -0.25) is 9.59 Å². The van der Waals surface area contributed by atoms with Crippen LogP contribution < -0.4 is 5.32 Å². The van der Waals surface area contributed by atoms with Crippen LogP contribution in [-0.4, -0.2) is 47.3 Å². The molecule has 1 N–H and O–H groups in total. The maximum Gasteiger partial charge on any atom is 0.337 e. The standard InChI is InChI=1S/C20H21N3O4S2/c1-11(2)15-8-14-18(25)22-16(23-19(14)29-15)9-28-10-17(24)21-13-6-4-12(5-7-13)20(26)27-3/h4-8,11,14H,9-10H2,1-3H3,(H,21,24). The van der Waals surface area contributed by atoms with Gasteiger partial charge < -0.3 is 10.1 Å². The monoisotopic (exact) mass is 431 g/mol. The first-order valence-corrected chi connectivity index (χ1v) is 11.0. The molecule has 0 aliphatic carbocycles. The lowest BCUT2D eigenvalue weighted by Crippen LogP contribution is -2.24. The summed E-state index contributed by atoms with van der Waals surface area (Å²) in [5, 5.41) is 3.54. The van der Waals surface area contributed by atoms with E-state index in [9.17, 15) is 14.4 Å². The summed E-state index contributed by atoms with van der Waals surface area (Å²) in [7, 11) is 1.31. The number of amidine groups is 1. The number of allylic oxidation sites excluding steroid dienone is 1. The van der Waals surface area contributed by atoms with Gasteiger partial charge in [0.05, 0.1) is 29.2 Å². The van der Waals surface area contributed by atoms with Crippen LogP contribution in [-0.2, 0) is 14.3 Å². The van der Waals surface area contributed by atoms with E-state index in [0.717, 1.165) is 9.95 Å². The number of methoxy groups -OCH3 is 1. The topological polar surface area (TPSA) is 97.2 Å². The van der Waals surface area contributed by atoms with E-state index in [4.69, 9.17) is 0 Å². The van der Waals surface area contributed by atoms with Crippen LogP contribution >= 0.6 is 23.5 Å². The minimum absolute atomic E-state index is 0.187. The van der Waals surface area contributed by atoms with E-state index in [1.807, 2.05) is 6.08 Å². The number of amides is 2. The molecule has 0 bridgehead atoms. The molecular weight excluding hydrogens is 410 g/mol. The molecule has 0 fully saturated rings. The lowest BCUT2D eigenvalue weighted by atomic mass is 10.1. The van der Waals surface area contributed by atoms with Crippen molar-refractivity contribution in [2.75, 3.05) is 23.9 Å². The molecule has 1 aromatic carbocycles. The van der Waals surface area contributed by atoms with Crippen molar-refractivity contribution in [1.82, 2.24) is 0 Å². The van der Waals surface area contributed by atoms with Gasteiger partial charge in [0.1, 0.15) is 11.8 Å². The molecule has 0 aromatic heterocycles.